The molecule has 1 amide bonds. The number of β-amino-alcohol motifs (C(OH)–C–C–N with tert-alkyl or cyclic N) is 1. The van der Waals surface area contributed by atoms with E-state index in [1.807, 2.05) is 46.1 Å². The minimum atomic E-state index is -0.465. The van der Waals surface area contributed by atoms with Crippen molar-refractivity contribution in [3.8, 4) is 11.3 Å². The van der Waals surface area contributed by atoms with Crippen molar-refractivity contribution in [1.29, 1.82) is 0 Å². The number of carbonyl (C=O) groups is 1. The van der Waals surface area contributed by atoms with E-state index in [0.717, 1.165) is 34.6 Å². The third-order valence-corrected chi connectivity index (χ3v) is 6.80. The Morgan fingerprint density at radius 2 is 2.05 bits per heavy atom. The molecule has 210 valence electrons. The topological polar surface area (TPSA) is 139 Å². The molecule has 0 spiro atoms. The lowest BCUT2D eigenvalue weighted by Crippen LogP contribution is -2.32. The molecule has 0 aliphatic carbocycles. The predicted octanol–water partition coefficient (Wildman–Crippen LogP) is 3.02. The van der Waals surface area contributed by atoms with E-state index in [0.29, 0.717) is 25.5 Å². The van der Waals surface area contributed by atoms with Gasteiger partial charge in [0.2, 0.25) is 5.95 Å². The first kappa shape index (κ1) is 27.4. The average Bonchev–Trinajstić information content (AvgIpc) is 3.52. The van der Waals surface area contributed by atoms with E-state index in [9.17, 15) is 9.90 Å². The number of hydrogen-bond acceptors (Lipinski definition) is 9. The van der Waals surface area contributed by atoms with Crippen LogP contribution in [0.2, 0.25) is 0 Å². The first-order valence-corrected chi connectivity index (χ1v) is 13.4. The number of nitrogens with zero attached hydrogens (tertiary/aromatic N) is 8. The number of hydrogen-bond donors (Lipinski definition) is 3. The quantitative estimate of drug-likeness (QED) is 0.320. The minimum absolute atomic E-state index is 0.219. The molecule has 1 aliphatic rings. The van der Waals surface area contributed by atoms with Gasteiger partial charge in [-0.15, -0.1) is 5.10 Å². The molecule has 40 heavy (non-hydrogen) atoms. The second-order valence-corrected chi connectivity index (χ2v) is 11.3. The summed E-state index contributed by atoms with van der Waals surface area (Å²) in [4.78, 5) is 24.5. The van der Waals surface area contributed by atoms with E-state index in [2.05, 4.69) is 48.1 Å². The number of fused-ring (bicyclic) bond motifs is 1. The molecule has 1 aromatic carbocycles. The van der Waals surface area contributed by atoms with Gasteiger partial charge in [-0.2, -0.15) is 5.10 Å². The summed E-state index contributed by atoms with van der Waals surface area (Å²) in [5, 5.41) is 28.9. The SMILES string of the molecule is CC(O)CN1CCC(NC(=O)c2cn(C(C)(C)C)nn2)c2ccc(-c3ccnc(Nc4cnn(C)c4)n3)cc2C1. The van der Waals surface area contributed by atoms with E-state index >= 15 is 0 Å². The molecule has 0 bridgehead atoms. The highest BCUT2D eigenvalue weighted by Gasteiger charge is 2.27. The number of anilines is 2. The molecule has 4 heterocycles. The number of aliphatic hydroxyl groups excluding tert-OH is 1. The van der Waals surface area contributed by atoms with Crippen LogP contribution in [-0.2, 0) is 19.1 Å². The van der Waals surface area contributed by atoms with Crippen LogP contribution in [0.4, 0.5) is 11.6 Å². The second-order valence-electron chi connectivity index (χ2n) is 11.3. The Morgan fingerprint density at radius 3 is 2.75 bits per heavy atom. The Morgan fingerprint density at radius 1 is 1.23 bits per heavy atom. The molecule has 0 fully saturated rings. The number of aliphatic hydroxyl groups is 1. The summed E-state index contributed by atoms with van der Waals surface area (Å²) in [5.41, 5.74) is 4.63. The molecule has 12 heteroatoms. The third-order valence-electron chi connectivity index (χ3n) is 6.80. The van der Waals surface area contributed by atoms with Gasteiger partial charge in [0.05, 0.1) is 41.5 Å². The lowest BCUT2D eigenvalue weighted by molar-refractivity contribution is 0.0921. The lowest BCUT2D eigenvalue weighted by Gasteiger charge is -2.22. The number of aryl methyl sites for hydroxylation is 1. The summed E-state index contributed by atoms with van der Waals surface area (Å²) in [7, 11) is 1.85. The fraction of sp³-hybridized carbons (Fsp3) is 0.429. The molecule has 3 N–H and O–H groups in total. The highest BCUT2D eigenvalue weighted by Crippen LogP contribution is 2.31. The van der Waals surface area contributed by atoms with Crippen LogP contribution in [0, 0.1) is 0 Å². The fourth-order valence-electron chi connectivity index (χ4n) is 4.83. The van der Waals surface area contributed by atoms with Crippen molar-refractivity contribution in [2.24, 2.45) is 7.05 Å². The van der Waals surface area contributed by atoms with Crippen LogP contribution in [0.25, 0.3) is 11.3 Å². The van der Waals surface area contributed by atoms with Crippen LogP contribution >= 0.6 is 0 Å². The zero-order valence-corrected chi connectivity index (χ0v) is 23.5. The summed E-state index contributed by atoms with van der Waals surface area (Å²) in [6, 6.07) is 7.85. The Labute approximate surface area is 233 Å². The molecule has 2 atom stereocenters. The van der Waals surface area contributed by atoms with Crippen LogP contribution in [-0.4, -0.2) is 69.8 Å². The van der Waals surface area contributed by atoms with Crippen molar-refractivity contribution < 1.29 is 9.90 Å². The molecule has 3 aromatic heterocycles. The van der Waals surface area contributed by atoms with Crippen LogP contribution in [0.5, 0.6) is 0 Å². The van der Waals surface area contributed by atoms with Gasteiger partial charge in [0.15, 0.2) is 5.69 Å². The maximum atomic E-state index is 13.2. The maximum Gasteiger partial charge on any atom is 0.273 e. The number of amides is 1. The Kier molecular flexibility index (Phi) is 7.63. The number of aromatic nitrogens is 7. The number of carbonyl (C=O) groups excluding carboxylic acids is 1. The van der Waals surface area contributed by atoms with E-state index in [1.54, 1.807) is 34.9 Å². The van der Waals surface area contributed by atoms with Crippen molar-refractivity contribution in [3.63, 3.8) is 0 Å². The van der Waals surface area contributed by atoms with Gasteiger partial charge in [-0.05, 0) is 57.4 Å². The van der Waals surface area contributed by atoms with Gasteiger partial charge in [0.25, 0.3) is 5.91 Å². The van der Waals surface area contributed by atoms with Crippen LogP contribution in [0.1, 0.15) is 61.8 Å². The van der Waals surface area contributed by atoms with Gasteiger partial charge in [-0.3, -0.25) is 14.4 Å². The monoisotopic (exact) mass is 544 g/mol. The highest BCUT2D eigenvalue weighted by atomic mass is 16.3. The van der Waals surface area contributed by atoms with E-state index in [-0.39, 0.29) is 23.2 Å². The Hall–Kier alpha value is -4.16. The van der Waals surface area contributed by atoms with Crippen molar-refractivity contribution >= 4 is 17.5 Å². The standard InChI is InChI=1S/C28H36N10O2/c1-18(39)14-37-11-9-24(32-26(40)25-17-38(35-34-25)28(2,3)4)22-7-6-19(12-20(22)15-37)23-8-10-29-27(33-23)31-21-13-30-36(5)16-21/h6-8,10,12-13,16-18,24,39H,9,11,14-15H2,1-5H3,(H,32,40)(H,29,31,33). The molecular weight excluding hydrogens is 508 g/mol. The molecular formula is C28H36N10O2. The Bertz CT molecular complexity index is 1490. The smallest absolute Gasteiger partial charge is 0.273 e. The number of benzene rings is 1. The highest BCUT2D eigenvalue weighted by molar-refractivity contribution is 5.92. The zero-order chi connectivity index (χ0) is 28.4. The molecule has 12 nitrogen and oxygen atoms in total. The Balaban J connectivity index is 1.42. The summed E-state index contributed by atoms with van der Waals surface area (Å²) in [6.07, 6.45) is 7.21. The third kappa shape index (κ3) is 6.35. The van der Waals surface area contributed by atoms with E-state index in [1.165, 1.54) is 0 Å². The number of nitrogens with one attached hydrogen (secondary N) is 2. The molecule has 0 radical (unpaired) electrons. The summed E-state index contributed by atoms with van der Waals surface area (Å²) >= 11 is 0. The van der Waals surface area contributed by atoms with Crippen molar-refractivity contribution in [1.82, 2.24) is 45.0 Å². The predicted molar refractivity (Wildman–Crippen MR) is 151 cm³/mol. The van der Waals surface area contributed by atoms with Gasteiger partial charge in [-0.1, -0.05) is 17.3 Å². The van der Waals surface area contributed by atoms with E-state index in [4.69, 9.17) is 4.98 Å². The summed E-state index contributed by atoms with van der Waals surface area (Å²) in [5.74, 6) is 0.214. The molecule has 5 rings (SSSR count). The molecule has 1 aliphatic heterocycles. The maximum absolute atomic E-state index is 13.2. The van der Waals surface area contributed by atoms with E-state index < -0.39 is 6.10 Å². The van der Waals surface area contributed by atoms with Gasteiger partial charge >= 0.3 is 0 Å². The molecule has 0 saturated carbocycles. The van der Waals surface area contributed by atoms with Gasteiger partial charge in [0, 0.05) is 44.6 Å². The van der Waals surface area contributed by atoms with Gasteiger partial charge in [-0.25, -0.2) is 14.6 Å². The van der Waals surface area contributed by atoms with Crippen LogP contribution in [0.3, 0.4) is 0 Å². The van der Waals surface area contributed by atoms with Crippen molar-refractivity contribution in [3.05, 3.63) is 65.9 Å². The minimum Gasteiger partial charge on any atom is -0.392 e. The first-order chi connectivity index (χ1) is 19.0. The summed E-state index contributed by atoms with van der Waals surface area (Å²) < 4.78 is 3.40. The normalized spacial score (nSPS) is 16.7. The lowest BCUT2D eigenvalue weighted by atomic mass is 9.96. The molecule has 4 aromatic rings. The van der Waals surface area contributed by atoms with Crippen molar-refractivity contribution in [2.45, 2.75) is 58.3 Å². The second kappa shape index (κ2) is 11.1. The van der Waals surface area contributed by atoms with Gasteiger partial charge in [0.1, 0.15) is 0 Å². The average molecular weight is 545 g/mol. The van der Waals surface area contributed by atoms with Gasteiger partial charge < -0.3 is 15.7 Å². The van der Waals surface area contributed by atoms with Crippen LogP contribution in [0.15, 0.2) is 49.1 Å². The molecule has 2 unspecified atom stereocenters. The van der Waals surface area contributed by atoms with Crippen LogP contribution < -0.4 is 10.6 Å². The number of rotatable bonds is 7. The first-order valence-electron chi connectivity index (χ1n) is 13.4. The van der Waals surface area contributed by atoms with Crippen molar-refractivity contribution in [2.75, 3.05) is 18.4 Å². The zero-order valence-electron chi connectivity index (χ0n) is 23.5. The summed E-state index contributed by atoms with van der Waals surface area (Å²) in [6.45, 7) is 9.72. The fourth-order valence-corrected chi connectivity index (χ4v) is 4.83. The largest absolute Gasteiger partial charge is 0.392 e. The molecule has 0 saturated heterocycles.